The maximum Gasteiger partial charge on any atom is 0.416 e. The molecule has 0 saturated carbocycles. The number of nitrogens with zero attached hydrogens (tertiary/aromatic N) is 4. The number of benzene rings is 1. The minimum absolute atomic E-state index is 0.311. The molecule has 32 heavy (non-hydrogen) atoms. The number of anilines is 1. The number of aromatic nitrogens is 2. The minimum Gasteiger partial charge on any atom is -0.462 e. The topological polar surface area (TPSA) is 58.6 Å². The molecule has 0 N–H and O–H groups in total. The second kappa shape index (κ2) is 9.03. The molecule has 0 spiro atoms. The van der Waals surface area contributed by atoms with E-state index in [-0.39, 0.29) is 5.97 Å². The van der Waals surface area contributed by atoms with Crippen LogP contribution in [0.5, 0.6) is 0 Å². The van der Waals surface area contributed by atoms with Gasteiger partial charge in [0.1, 0.15) is 21.9 Å². The number of hydrogen-bond acceptors (Lipinski definition) is 7. The first-order valence-electron chi connectivity index (χ1n) is 10.3. The number of esters is 1. The number of alkyl halides is 3. The van der Waals surface area contributed by atoms with Crippen molar-refractivity contribution in [2.45, 2.75) is 26.6 Å². The Balaban J connectivity index is 1.46. The van der Waals surface area contributed by atoms with E-state index in [1.807, 2.05) is 6.92 Å². The van der Waals surface area contributed by atoms with E-state index < -0.39 is 11.7 Å². The molecule has 1 aromatic carbocycles. The fraction of sp³-hybridized carbons (Fsp3) is 0.409. The summed E-state index contributed by atoms with van der Waals surface area (Å²) in [5, 5.41) is 0.872. The Hall–Kier alpha value is -2.72. The first-order chi connectivity index (χ1) is 15.3. The van der Waals surface area contributed by atoms with Crippen LogP contribution in [-0.2, 0) is 17.5 Å². The monoisotopic (exact) mass is 464 g/mol. The van der Waals surface area contributed by atoms with Gasteiger partial charge in [-0.2, -0.15) is 13.2 Å². The average molecular weight is 465 g/mol. The Morgan fingerprint density at radius 3 is 2.44 bits per heavy atom. The fourth-order valence-electron chi connectivity index (χ4n) is 3.86. The normalized spacial score (nSPS) is 15.3. The quantitative estimate of drug-likeness (QED) is 0.518. The van der Waals surface area contributed by atoms with Gasteiger partial charge in [0, 0.05) is 32.7 Å². The second-order valence-corrected chi connectivity index (χ2v) is 8.61. The van der Waals surface area contributed by atoms with Gasteiger partial charge in [-0.3, -0.25) is 4.90 Å². The van der Waals surface area contributed by atoms with E-state index in [0.717, 1.165) is 65.5 Å². The van der Waals surface area contributed by atoms with Gasteiger partial charge in [-0.25, -0.2) is 14.8 Å². The van der Waals surface area contributed by atoms with E-state index in [2.05, 4.69) is 19.8 Å². The molecule has 2 aromatic heterocycles. The van der Waals surface area contributed by atoms with Crippen molar-refractivity contribution in [2.75, 3.05) is 37.7 Å². The van der Waals surface area contributed by atoms with Crippen molar-refractivity contribution in [2.24, 2.45) is 0 Å². The van der Waals surface area contributed by atoms with Crippen molar-refractivity contribution in [1.82, 2.24) is 14.9 Å². The number of carbonyl (C=O) groups excluding carboxylic acids is 1. The lowest BCUT2D eigenvalue weighted by Gasteiger charge is -2.35. The summed E-state index contributed by atoms with van der Waals surface area (Å²) < 4.78 is 43.4. The lowest BCUT2D eigenvalue weighted by Crippen LogP contribution is -2.46. The Morgan fingerprint density at radius 2 is 1.81 bits per heavy atom. The highest BCUT2D eigenvalue weighted by Crippen LogP contribution is 2.35. The summed E-state index contributed by atoms with van der Waals surface area (Å²) in [5.74, 6) is 0.453. The fourth-order valence-corrected chi connectivity index (χ4v) is 4.90. The predicted octanol–water partition coefficient (Wildman–Crippen LogP) is 4.52. The predicted molar refractivity (Wildman–Crippen MR) is 117 cm³/mol. The number of rotatable bonds is 5. The van der Waals surface area contributed by atoms with Gasteiger partial charge in [0.2, 0.25) is 0 Å². The molecule has 170 valence electrons. The Kier molecular flexibility index (Phi) is 6.34. The highest BCUT2D eigenvalue weighted by Gasteiger charge is 2.30. The molecule has 3 aromatic rings. The molecule has 0 atom stereocenters. The van der Waals surface area contributed by atoms with Crippen LogP contribution < -0.4 is 4.90 Å². The van der Waals surface area contributed by atoms with Crippen LogP contribution in [0.2, 0.25) is 0 Å². The van der Waals surface area contributed by atoms with E-state index in [1.165, 1.54) is 29.8 Å². The van der Waals surface area contributed by atoms with Gasteiger partial charge in [0.15, 0.2) is 0 Å². The van der Waals surface area contributed by atoms with E-state index >= 15 is 0 Å². The molecule has 1 saturated heterocycles. The Labute approximate surface area is 187 Å². The van der Waals surface area contributed by atoms with Gasteiger partial charge in [-0.1, -0.05) is 12.1 Å². The van der Waals surface area contributed by atoms with E-state index in [1.54, 1.807) is 6.92 Å². The number of ether oxygens (including phenoxy) is 1. The lowest BCUT2D eigenvalue weighted by atomic mass is 10.1. The third-order valence-corrected chi connectivity index (χ3v) is 6.71. The molecule has 10 heteroatoms. The van der Waals surface area contributed by atoms with Crippen molar-refractivity contribution in [3.05, 3.63) is 52.2 Å². The third-order valence-electron chi connectivity index (χ3n) is 5.53. The highest BCUT2D eigenvalue weighted by atomic mass is 32.1. The number of piperazine rings is 1. The summed E-state index contributed by atoms with van der Waals surface area (Å²) in [6.07, 6.45) is -2.81. The summed E-state index contributed by atoms with van der Waals surface area (Å²) in [6.45, 7) is 7.50. The Morgan fingerprint density at radius 1 is 1.12 bits per heavy atom. The number of hydrogen-bond donors (Lipinski definition) is 0. The summed E-state index contributed by atoms with van der Waals surface area (Å²) in [7, 11) is 0. The second-order valence-electron chi connectivity index (χ2n) is 7.61. The molecule has 3 heterocycles. The largest absolute Gasteiger partial charge is 0.462 e. The summed E-state index contributed by atoms with van der Waals surface area (Å²) in [6, 6.07) is 5.33. The van der Waals surface area contributed by atoms with Crippen LogP contribution in [0, 0.1) is 6.92 Å². The zero-order chi connectivity index (χ0) is 22.9. The van der Waals surface area contributed by atoms with Crippen molar-refractivity contribution in [3.63, 3.8) is 0 Å². The standard InChI is InChI=1S/C22H23F3N4O2S/c1-3-31-21(30)18-14(2)17-19(26-13-27-20(17)32-18)29-10-8-28(9-11-29)12-15-4-6-16(7-5-15)22(23,24)25/h4-7,13H,3,8-12H2,1-2H3. The third kappa shape index (κ3) is 4.56. The van der Waals surface area contributed by atoms with Crippen LogP contribution in [-0.4, -0.2) is 53.6 Å². The molecule has 1 fully saturated rings. The van der Waals surface area contributed by atoms with Gasteiger partial charge < -0.3 is 9.64 Å². The van der Waals surface area contributed by atoms with Gasteiger partial charge in [0.05, 0.1) is 17.6 Å². The number of aryl methyl sites for hydroxylation is 1. The van der Waals surface area contributed by atoms with Gasteiger partial charge in [-0.15, -0.1) is 11.3 Å². The van der Waals surface area contributed by atoms with Crippen molar-refractivity contribution in [3.8, 4) is 0 Å². The molecular formula is C22H23F3N4O2S. The molecule has 1 aliphatic rings. The molecule has 0 amide bonds. The number of fused-ring (bicyclic) bond motifs is 1. The summed E-state index contributed by atoms with van der Waals surface area (Å²) in [4.78, 5) is 26.8. The number of thiophene rings is 1. The molecule has 0 radical (unpaired) electrons. The molecule has 1 aliphatic heterocycles. The SMILES string of the molecule is CCOC(=O)c1sc2ncnc(N3CCN(Cc4ccc(C(F)(F)F)cc4)CC3)c2c1C. The first-order valence-corrected chi connectivity index (χ1v) is 11.1. The summed E-state index contributed by atoms with van der Waals surface area (Å²) >= 11 is 1.31. The molecule has 0 aliphatic carbocycles. The van der Waals surface area contributed by atoms with Crippen molar-refractivity contribution in [1.29, 1.82) is 0 Å². The van der Waals surface area contributed by atoms with Gasteiger partial charge >= 0.3 is 12.1 Å². The molecule has 0 bridgehead atoms. The smallest absolute Gasteiger partial charge is 0.416 e. The molecule has 6 nitrogen and oxygen atoms in total. The van der Waals surface area contributed by atoms with Crippen LogP contribution >= 0.6 is 11.3 Å². The Bertz CT molecular complexity index is 1110. The summed E-state index contributed by atoms with van der Waals surface area (Å²) in [5.41, 5.74) is 1.04. The molecular weight excluding hydrogens is 441 g/mol. The zero-order valence-electron chi connectivity index (χ0n) is 17.8. The van der Waals surface area contributed by atoms with Crippen LogP contribution in [0.15, 0.2) is 30.6 Å². The molecule has 0 unspecified atom stereocenters. The van der Waals surface area contributed by atoms with E-state index in [4.69, 9.17) is 4.74 Å². The first kappa shape index (κ1) is 22.5. The van der Waals surface area contributed by atoms with Gasteiger partial charge in [0.25, 0.3) is 0 Å². The maximum absolute atomic E-state index is 12.8. The average Bonchev–Trinajstić information content (AvgIpc) is 3.11. The van der Waals surface area contributed by atoms with Crippen LogP contribution in [0.25, 0.3) is 10.2 Å². The number of carbonyl (C=O) groups is 1. The molecule has 4 rings (SSSR count). The van der Waals surface area contributed by atoms with Crippen molar-refractivity contribution >= 4 is 33.3 Å². The van der Waals surface area contributed by atoms with Gasteiger partial charge in [-0.05, 0) is 37.1 Å². The maximum atomic E-state index is 12.8. The highest BCUT2D eigenvalue weighted by molar-refractivity contribution is 7.20. The van der Waals surface area contributed by atoms with Crippen LogP contribution in [0.3, 0.4) is 0 Å². The van der Waals surface area contributed by atoms with E-state index in [9.17, 15) is 18.0 Å². The van der Waals surface area contributed by atoms with Crippen molar-refractivity contribution < 1.29 is 22.7 Å². The van der Waals surface area contributed by atoms with Crippen LogP contribution in [0.1, 0.15) is 33.3 Å². The zero-order valence-corrected chi connectivity index (χ0v) is 18.6. The minimum atomic E-state index is -4.32. The van der Waals surface area contributed by atoms with Crippen LogP contribution in [0.4, 0.5) is 19.0 Å². The number of halogens is 3. The van der Waals surface area contributed by atoms with E-state index in [0.29, 0.717) is 18.0 Å². The lowest BCUT2D eigenvalue weighted by molar-refractivity contribution is -0.137.